The molecule has 1 saturated heterocycles. The predicted molar refractivity (Wildman–Crippen MR) is 108 cm³/mol. The molecule has 7 nitrogen and oxygen atoms in total. The van der Waals surface area contributed by atoms with Crippen LogP contribution in [-0.2, 0) is 9.59 Å². The molecule has 2 aromatic rings. The van der Waals surface area contributed by atoms with Crippen molar-refractivity contribution >= 4 is 23.2 Å². The summed E-state index contributed by atoms with van der Waals surface area (Å²) in [5.74, 6) is 0.879. The number of nitrogens with one attached hydrogen (secondary N) is 1. The fourth-order valence-corrected chi connectivity index (χ4v) is 3.20. The molecule has 1 aliphatic heterocycles. The molecule has 0 bridgehead atoms. The van der Waals surface area contributed by atoms with Crippen LogP contribution in [0.5, 0.6) is 11.5 Å². The predicted octanol–water partition coefficient (Wildman–Crippen LogP) is 2.38. The second-order valence-corrected chi connectivity index (χ2v) is 6.49. The largest absolute Gasteiger partial charge is 0.497 e. The number of methoxy groups -OCH3 is 2. The highest BCUT2D eigenvalue weighted by molar-refractivity contribution is 6.04. The summed E-state index contributed by atoms with van der Waals surface area (Å²) in [6.07, 6.45) is -0.180. The molecular weight excluding hydrogens is 358 g/mol. The van der Waals surface area contributed by atoms with Gasteiger partial charge < -0.3 is 24.6 Å². The minimum atomic E-state index is -0.341. The van der Waals surface area contributed by atoms with Gasteiger partial charge in [0.25, 0.3) is 0 Å². The highest BCUT2D eigenvalue weighted by Gasteiger charge is 2.23. The summed E-state index contributed by atoms with van der Waals surface area (Å²) in [5, 5.41) is 2.74. The van der Waals surface area contributed by atoms with Gasteiger partial charge in [-0.1, -0.05) is 12.1 Å². The van der Waals surface area contributed by atoms with Crippen molar-refractivity contribution in [3.63, 3.8) is 0 Å². The van der Waals surface area contributed by atoms with Crippen LogP contribution in [0.15, 0.2) is 48.5 Å². The molecule has 1 fully saturated rings. The van der Waals surface area contributed by atoms with Gasteiger partial charge in [0.15, 0.2) is 0 Å². The minimum absolute atomic E-state index is 0.165. The molecule has 0 radical (unpaired) electrons. The standard InChI is InChI=1S/C21H25N3O4/c1-27-17-9-7-16(8-10-17)23-11-13-24(14-12-23)21(26)15-20(25)22-18-5-3-4-6-19(18)28-2/h3-10H,11-15H2,1-2H3,(H,22,25). The number of nitrogens with zero attached hydrogens (tertiary/aromatic N) is 2. The topological polar surface area (TPSA) is 71.1 Å². The van der Waals surface area contributed by atoms with E-state index in [4.69, 9.17) is 9.47 Å². The second-order valence-electron chi connectivity index (χ2n) is 6.49. The quantitative estimate of drug-likeness (QED) is 0.776. The van der Waals surface area contributed by atoms with Gasteiger partial charge in [-0.25, -0.2) is 0 Å². The first-order valence-corrected chi connectivity index (χ1v) is 9.20. The highest BCUT2D eigenvalue weighted by atomic mass is 16.5. The van der Waals surface area contributed by atoms with Crippen LogP contribution in [0.25, 0.3) is 0 Å². The van der Waals surface area contributed by atoms with Gasteiger partial charge >= 0.3 is 0 Å². The van der Waals surface area contributed by atoms with Crippen molar-refractivity contribution < 1.29 is 19.1 Å². The summed E-state index contributed by atoms with van der Waals surface area (Å²) in [6, 6.07) is 15.0. The van der Waals surface area contributed by atoms with E-state index in [1.807, 2.05) is 30.3 Å². The Balaban J connectivity index is 1.50. The van der Waals surface area contributed by atoms with Crippen LogP contribution in [-0.4, -0.2) is 57.1 Å². The minimum Gasteiger partial charge on any atom is -0.497 e. The molecule has 28 heavy (non-hydrogen) atoms. The lowest BCUT2D eigenvalue weighted by atomic mass is 10.2. The van der Waals surface area contributed by atoms with Crippen molar-refractivity contribution in [2.24, 2.45) is 0 Å². The third-order valence-electron chi connectivity index (χ3n) is 4.76. The van der Waals surface area contributed by atoms with E-state index < -0.39 is 0 Å². The Kier molecular flexibility index (Phi) is 6.37. The van der Waals surface area contributed by atoms with Gasteiger partial charge in [0.2, 0.25) is 11.8 Å². The van der Waals surface area contributed by atoms with Crippen LogP contribution in [0.4, 0.5) is 11.4 Å². The van der Waals surface area contributed by atoms with Crippen molar-refractivity contribution in [1.29, 1.82) is 0 Å². The van der Waals surface area contributed by atoms with Gasteiger partial charge in [0.1, 0.15) is 17.9 Å². The Morgan fingerprint density at radius 3 is 2.25 bits per heavy atom. The summed E-state index contributed by atoms with van der Waals surface area (Å²) < 4.78 is 10.4. The number of carbonyl (C=O) groups is 2. The Morgan fingerprint density at radius 2 is 1.61 bits per heavy atom. The van der Waals surface area contributed by atoms with Crippen LogP contribution >= 0.6 is 0 Å². The number of rotatable bonds is 6. The van der Waals surface area contributed by atoms with Crippen LogP contribution in [0.2, 0.25) is 0 Å². The maximum absolute atomic E-state index is 12.5. The molecule has 7 heteroatoms. The molecule has 1 aliphatic rings. The molecule has 2 aromatic carbocycles. The first kappa shape index (κ1) is 19.5. The number of amides is 2. The molecule has 0 atom stereocenters. The summed E-state index contributed by atoms with van der Waals surface area (Å²) in [7, 11) is 3.18. The summed E-state index contributed by atoms with van der Waals surface area (Å²) >= 11 is 0. The van der Waals surface area contributed by atoms with Gasteiger partial charge in [-0.15, -0.1) is 0 Å². The number of carbonyl (C=O) groups excluding carboxylic acids is 2. The first-order valence-electron chi connectivity index (χ1n) is 9.20. The van der Waals surface area contributed by atoms with Gasteiger partial charge in [0, 0.05) is 31.9 Å². The molecular formula is C21H25N3O4. The highest BCUT2D eigenvalue weighted by Crippen LogP contribution is 2.23. The Morgan fingerprint density at radius 1 is 0.929 bits per heavy atom. The van der Waals surface area contributed by atoms with Gasteiger partial charge in [-0.3, -0.25) is 9.59 Å². The third-order valence-corrected chi connectivity index (χ3v) is 4.76. The lowest BCUT2D eigenvalue weighted by Crippen LogP contribution is -2.49. The van der Waals surface area contributed by atoms with Crippen molar-refractivity contribution in [1.82, 2.24) is 4.90 Å². The maximum Gasteiger partial charge on any atom is 0.233 e. The van der Waals surface area contributed by atoms with E-state index in [1.54, 1.807) is 37.3 Å². The molecule has 0 aliphatic carbocycles. The lowest BCUT2D eigenvalue weighted by molar-refractivity contribution is -0.134. The molecule has 3 rings (SSSR count). The van der Waals surface area contributed by atoms with E-state index in [9.17, 15) is 9.59 Å². The van der Waals surface area contributed by atoms with Crippen LogP contribution in [0, 0.1) is 0 Å². The van der Waals surface area contributed by atoms with Crippen molar-refractivity contribution in [2.45, 2.75) is 6.42 Å². The summed E-state index contributed by atoms with van der Waals surface area (Å²) in [6.45, 7) is 2.64. The zero-order chi connectivity index (χ0) is 19.9. The third kappa shape index (κ3) is 4.73. The molecule has 0 unspecified atom stereocenters. The fourth-order valence-electron chi connectivity index (χ4n) is 3.20. The molecule has 0 spiro atoms. The van der Waals surface area contributed by atoms with Crippen molar-refractivity contribution in [3.8, 4) is 11.5 Å². The second kappa shape index (κ2) is 9.12. The smallest absolute Gasteiger partial charge is 0.233 e. The number of ether oxygens (including phenoxy) is 2. The average molecular weight is 383 g/mol. The van der Waals surface area contributed by atoms with E-state index in [0.717, 1.165) is 24.5 Å². The molecule has 2 amide bonds. The molecule has 1 N–H and O–H groups in total. The monoisotopic (exact) mass is 383 g/mol. The molecule has 148 valence electrons. The Bertz CT molecular complexity index is 815. The zero-order valence-corrected chi connectivity index (χ0v) is 16.2. The number of hydrogen-bond acceptors (Lipinski definition) is 5. The van der Waals surface area contributed by atoms with Crippen LogP contribution in [0.1, 0.15) is 6.42 Å². The number of hydrogen-bond donors (Lipinski definition) is 1. The Labute approximate surface area is 164 Å². The summed E-state index contributed by atoms with van der Waals surface area (Å²) in [5.41, 5.74) is 1.66. The van der Waals surface area contributed by atoms with E-state index in [1.165, 1.54) is 0 Å². The van der Waals surface area contributed by atoms with Gasteiger partial charge in [-0.05, 0) is 36.4 Å². The summed E-state index contributed by atoms with van der Waals surface area (Å²) in [4.78, 5) is 28.7. The van der Waals surface area contributed by atoms with Gasteiger partial charge in [-0.2, -0.15) is 0 Å². The molecule has 0 aromatic heterocycles. The number of benzene rings is 2. The average Bonchev–Trinajstić information content (AvgIpc) is 2.74. The number of para-hydroxylation sites is 2. The molecule has 1 heterocycles. The Hall–Kier alpha value is -3.22. The van der Waals surface area contributed by atoms with Crippen molar-refractivity contribution in [3.05, 3.63) is 48.5 Å². The van der Waals surface area contributed by atoms with Crippen molar-refractivity contribution in [2.75, 3.05) is 50.6 Å². The first-order chi connectivity index (χ1) is 13.6. The van der Waals surface area contributed by atoms with Gasteiger partial charge in [0.05, 0.1) is 19.9 Å². The van der Waals surface area contributed by atoms with E-state index >= 15 is 0 Å². The van der Waals surface area contributed by atoms with Crippen LogP contribution in [0.3, 0.4) is 0 Å². The SMILES string of the molecule is COc1ccc(N2CCN(C(=O)CC(=O)Nc3ccccc3OC)CC2)cc1. The zero-order valence-electron chi connectivity index (χ0n) is 16.2. The fraction of sp³-hybridized carbons (Fsp3) is 0.333. The van der Waals surface area contributed by atoms with E-state index in [-0.39, 0.29) is 18.2 Å². The van der Waals surface area contributed by atoms with Crippen LogP contribution < -0.4 is 19.7 Å². The normalized spacial score (nSPS) is 13.8. The van der Waals surface area contributed by atoms with E-state index in [0.29, 0.717) is 24.5 Å². The van der Waals surface area contributed by atoms with E-state index in [2.05, 4.69) is 10.2 Å². The lowest BCUT2D eigenvalue weighted by Gasteiger charge is -2.36. The number of piperazine rings is 1. The maximum atomic E-state index is 12.5. The number of anilines is 2. The molecule has 0 saturated carbocycles.